The lowest BCUT2D eigenvalue weighted by atomic mass is 9.67. The van der Waals surface area contributed by atoms with Crippen LogP contribution in [0.3, 0.4) is 0 Å². The lowest BCUT2D eigenvalue weighted by molar-refractivity contribution is 0.0602. The van der Waals surface area contributed by atoms with Crippen LogP contribution >= 0.6 is 0 Å². The summed E-state index contributed by atoms with van der Waals surface area (Å²) in [6.45, 7) is 14.4. The Kier molecular flexibility index (Phi) is 5.76. The molecule has 0 bridgehead atoms. The Morgan fingerprint density at radius 3 is 2.33 bits per heavy atom. The van der Waals surface area contributed by atoms with E-state index in [1.165, 1.54) is 38.6 Å². The number of rotatable bonds is 7. The highest BCUT2D eigenvalue weighted by molar-refractivity contribution is 4.96. The van der Waals surface area contributed by atoms with Gasteiger partial charge in [0.05, 0.1) is 0 Å². The molecule has 0 spiro atoms. The van der Waals surface area contributed by atoms with Crippen molar-refractivity contribution < 1.29 is 0 Å². The summed E-state index contributed by atoms with van der Waals surface area (Å²) < 4.78 is 0. The number of hydrogen-bond acceptors (Lipinski definition) is 2. The molecule has 5 unspecified atom stereocenters. The standard InChI is InChI=1S/C19H38N2/c1-7-19(4,5)16-9-10-17(20-8-2)18(12-16)21(6)13-15-11-14(15)3/h14-18,20H,7-13H2,1-6H3. The summed E-state index contributed by atoms with van der Waals surface area (Å²) in [7, 11) is 2.38. The molecule has 2 rings (SSSR count). The van der Waals surface area contributed by atoms with Gasteiger partial charge in [0, 0.05) is 18.6 Å². The second kappa shape index (κ2) is 7.00. The van der Waals surface area contributed by atoms with E-state index < -0.39 is 0 Å². The summed E-state index contributed by atoms with van der Waals surface area (Å²) in [4.78, 5) is 2.69. The number of nitrogens with one attached hydrogen (secondary N) is 1. The van der Waals surface area contributed by atoms with Crippen LogP contribution in [-0.2, 0) is 0 Å². The van der Waals surface area contributed by atoms with E-state index in [1.54, 1.807) is 0 Å². The van der Waals surface area contributed by atoms with Gasteiger partial charge in [-0.15, -0.1) is 0 Å². The predicted octanol–water partition coefficient (Wildman–Crippen LogP) is 4.16. The maximum atomic E-state index is 3.77. The molecule has 2 fully saturated rings. The topological polar surface area (TPSA) is 15.3 Å². The molecule has 1 N–H and O–H groups in total. The zero-order valence-electron chi connectivity index (χ0n) is 15.3. The normalized spacial score (nSPS) is 37.0. The molecule has 0 aliphatic heterocycles. The van der Waals surface area contributed by atoms with Crippen LogP contribution < -0.4 is 5.32 Å². The van der Waals surface area contributed by atoms with Crippen molar-refractivity contribution in [3.63, 3.8) is 0 Å². The van der Waals surface area contributed by atoms with E-state index in [0.29, 0.717) is 11.5 Å². The first-order valence-electron chi connectivity index (χ1n) is 9.32. The third kappa shape index (κ3) is 4.22. The first kappa shape index (κ1) is 17.3. The van der Waals surface area contributed by atoms with E-state index in [9.17, 15) is 0 Å². The molecule has 0 heterocycles. The van der Waals surface area contributed by atoms with E-state index in [4.69, 9.17) is 0 Å². The van der Waals surface area contributed by atoms with Crippen LogP contribution in [0.1, 0.15) is 66.7 Å². The van der Waals surface area contributed by atoms with Crippen molar-refractivity contribution in [1.29, 1.82) is 0 Å². The highest BCUT2D eigenvalue weighted by atomic mass is 15.2. The van der Waals surface area contributed by atoms with Gasteiger partial charge in [-0.25, -0.2) is 0 Å². The third-order valence-electron chi connectivity index (χ3n) is 6.66. The molecule has 124 valence electrons. The highest BCUT2D eigenvalue weighted by Crippen LogP contribution is 2.43. The SMILES string of the molecule is CCNC1CCC(C(C)(C)CC)CC1N(C)CC1CC1C. The third-order valence-corrected chi connectivity index (χ3v) is 6.66. The summed E-state index contributed by atoms with van der Waals surface area (Å²) in [6.07, 6.45) is 6.91. The molecule has 21 heavy (non-hydrogen) atoms. The van der Waals surface area contributed by atoms with E-state index in [0.717, 1.165) is 30.3 Å². The molecular weight excluding hydrogens is 256 g/mol. The summed E-state index contributed by atoms with van der Waals surface area (Å²) in [5.41, 5.74) is 0.503. The number of hydrogen-bond donors (Lipinski definition) is 1. The largest absolute Gasteiger partial charge is 0.313 e. The molecule has 2 heteroatoms. The van der Waals surface area contributed by atoms with E-state index >= 15 is 0 Å². The fraction of sp³-hybridized carbons (Fsp3) is 1.00. The van der Waals surface area contributed by atoms with Gasteiger partial charge in [0.1, 0.15) is 0 Å². The van der Waals surface area contributed by atoms with Crippen molar-refractivity contribution in [2.45, 2.75) is 78.8 Å². The first-order chi connectivity index (χ1) is 9.89. The molecule has 0 radical (unpaired) electrons. The maximum Gasteiger partial charge on any atom is 0.0249 e. The Hall–Kier alpha value is -0.0800. The molecule has 2 nitrogen and oxygen atoms in total. The van der Waals surface area contributed by atoms with Crippen LogP contribution in [0.4, 0.5) is 0 Å². The Morgan fingerprint density at radius 1 is 1.14 bits per heavy atom. The predicted molar refractivity (Wildman–Crippen MR) is 92.6 cm³/mol. The van der Waals surface area contributed by atoms with Gasteiger partial charge < -0.3 is 10.2 Å². The van der Waals surface area contributed by atoms with Crippen molar-refractivity contribution in [2.75, 3.05) is 20.1 Å². The Morgan fingerprint density at radius 2 is 1.81 bits per heavy atom. The average molecular weight is 295 g/mol. The number of likely N-dealkylation sites (N-methyl/N-ethyl adjacent to an activating group) is 2. The molecule has 5 atom stereocenters. The van der Waals surface area contributed by atoms with Crippen LogP contribution in [0.15, 0.2) is 0 Å². The lowest BCUT2D eigenvalue weighted by Crippen LogP contribution is -2.54. The van der Waals surface area contributed by atoms with E-state index in [1.807, 2.05) is 0 Å². The van der Waals surface area contributed by atoms with Gasteiger partial charge in [0.25, 0.3) is 0 Å². The van der Waals surface area contributed by atoms with Crippen molar-refractivity contribution in [1.82, 2.24) is 10.2 Å². The Labute approximate surface area is 133 Å². The summed E-state index contributed by atoms with van der Waals surface area (Å²) in [5.74, 6) is 2.83. The summed E-state index contributed by atoms with van der Waals surface area (Å²) in [6, 6.07) is 1.44. The second-order valence-corrected chi connectivity index (χ2v) is 8.50. The van der Waals surface area contributed by atoms with Crippen molar-refractivity contribution >= 4 is 0 Å². The molecule has 2 saturated carbocycles. The van der Waals surface area contributed by atoms with Crippen LogP contribution in [0, 0.1) is 23.2 Å². The van der Waals surface area contributed by atoms with Crippen LogP contribution in [0.2, 0.25) is 0 Å². The minimum absolute atomic E-state index is 0.503. The zero-order valence-corrected chi connectivity index (χ0v) is 15.3. The first-order valence-corrected chi connectivity index (χ1v) is 9.32. The highest BCUT2D eigenvalue weighted by Gasteiger charge is 2.41. The van der Waals surface area contributed by atoms with Gasteiger partial charge in [0.2, 0.25) is 0 Å². The van der Waals surface area contributed by atoms with Gasteiger partial charge in [-0.2, -0.15) is 0 Å². The Balaban J connectivity index is 2.00. The summed E-state index contributed by atoms with van der Waals surface area (Å²) >= 11 is 0. The van der Waals surface area contributed by atoms with Crippen LogP contribution in [0.25, 0.3) is 0 Å². The van der Waals surface area contributed by atoms with Gasteiger partial charge in [-0.05, 0) is 62.4 Å². The van der Waals surface area contributed by atoms with Gasteiger partial charge in [0.15, 0.2) is 0 Å². The lowest BCUT2D eigenvalue weighted by Gasteiger charge is -2.46. The molecule has 0 aromatic rings. The molecule has 0 aromatic heterocycles. The molecule has 2 aliphatic carbocycles. The van der Waals surface area contributed by atoms with Gasteiger partial charge >= 0.3 is 0 Å². The van der Waals surface area contributed by atoms with E-state index in [2.05, 4.69) is 51.9 Å². The van der Waals surface area contributed by atoms with Crippen molar-refractivity contribution in [2.24, 2.45) is 23.2 Å². The molecule has 0 saturated heterocycles. The molecule has 0 aromatic carbocycles. The average Bonchev–Trinajstić information content (AvgIpc) is 3.14. The minimum atomic E-state index is 0.503. The fourth-order valence-corrected chi connectivity index (χ4v) is 4.29. The van der Waals surface area contributed by atoms with E-state index in [-0.39, 0.29) is 0 Å². The fourth-order valence-electron chi connectivity index (χ4n) is 4.29. The van der Waals surface area contributed by atoms with Crippen molar-refractivity contribution in [3.05, 3.63) is 0 Å². The van der Waals surface area contributed by atoms with Gasteiger partial charge in [-0.3, -0.25) is 0 Å². The van der Waals surface area contributed by atoms with Crippen LogP contribution in [-0.4, -0.2) is 37.1 Å². The van der Waals surface area contributed by atoms with Crippen LogP contribution in [0.5, 0.6) is 0 Å². The smallest absolute Gasteiger partial charge is 0.0249 e. The number of nitrogens with zero attached hydrogens (tertiary/aromatic N) is 1. The van der Waals surface area contributed by atoms with Crippen molar-refractivity contribution in [3.8, 4) is 0 Å². The summed E-state index contributed by atoms with van der Waals surface area (Å²) in [5, 5.41) is 3.77. The molecule has 0 amide bonds. The molecule has 2 aliphatic rings. The molecular formula is C19H38N2. The van der Waals surface area contributed by atoms with Gasteiger partial charge in [-0.1, -0.05) is 41.0 Å². The monoisotopic (exact) mass is 294 g/mol. The zero-order chi connectivity index (χ0) is 15.6. The minimum Gasteiger partial charge on any atom is -0.313 e. The maximum absolute atomic E-state index is 3.77. The Bertz CT molecular complexity index is 326. The second-order valence-electron chi connectivity index (χ2n) is 8.50. The quantitative estimate of drug-likeness (QED) is 0.758.